The van der Waals surface area contributed by atoms with Crippen molar-refractivity contribution >= 4 is 5.97 Å². The summed E-state index contributed by atoms with van der Waals surface area (Å²) in [6.07, 6.45) is -0.251. The van der Waals surface area contributed by atoms with Gasteiger partial charge >= 0.3 is 5.97 Å². The van der Waals surface area contributed by atoms with Gasteiger partial charge in [-0.2, -0.15) is 0 Å². The van der Waals surface area contributed by atoms with Gasteiger partial charge < -0.3 is 14.6 Å². The van der Waals surface area contributed by atoms with E-state index in [0.29, 0.717) is 19.7 Å². The van der Waals surface area contributed by atoms with Crippen LogP contribution in [0.4, 0.5) is 0 Å². The molecular formula is C15H23NO4. The molecule has 1 aromatic carbocycles. The topological polar surface area (TPSA) is 59.0 Å². The SMILES string of the molecule is COCC(O)CN(C)Cc1ccccc1CC(=O)OC. The maximum Gasteiger partial charge on any atom is 0.309 e. The van der Waals surface area contributed by atoms with E-state index in [1.807, 2.05) is 36.2 Å². The van der Waals surface area contributed by atoms with Crippen LogP contribution in [0.25, 0.3) is 0 Å². The lowest BCUT2D eigenvalue weighted by atomic mass is 10.0. The molecule has 0 spiro atoms. The lowest BCUT2D eigenvalue weighted by Gasteiger charge is -2.21. The lowest BCUT2D eigenvalue weighted by Crippen LogP contribution is -2.31. The molecule has 5 nitrogen and oxygen atoms in total. The van der Waals surface area contributed by atoms with Gasteiger partial charge in [0.1, 0.15) is 0 Å². The zero-order chi connectivity index (χ0) is 15.0. The summed E-state index contributed by atoms with van der Waals surface area (Å²) in [6, 6.07) is 7.75. The van der Waals surface area contributed by atoms with E-state index in [-0.39, 0.29) is 12.4 Å². The number of aliphatic hydroxyl groups excluding tert-OH is 1. The Kier molecular flexibility index (Phi) is 7.22. The van der Waals surface area contributed by atoms with Gasteiger partial charge in [0.15, 0.2) is 0 Å². The van der Waals surface area contributed by atoms with Crippen LogP contribution in [0.3, 0.4) is 0 Å². The van der Waals surface area contributed by atoms with Crippen LogP contribution in [0, 0.1) is 0 Å². The summed E-state index contributed by atoms with van der Waals surface area (Å²) >= 11 is 0. The van der Waals surface area contributed by atoms with Crippen LogP contribution in [-0.2, 0) is 27.2 Å². The van der Waals surface area contributed by atoms with E-state index >= 15 is 0 Å². The van der Waals surface area contributed by atoms with E-state index in [9.17, 15) is 9.90 Å². The lowest BCUT2D eigenvalue weighted by molar-refractivity contribution is -0.139. The monoisotopic (exact) mass is 281 g/mol. The van der Waals surface area contributed by atoms with Crippen LogP contribution in [0.15, 0.2) is 24.3 Å². The van der Waals surface area contributed by atoms with Gasteiger partial charge in [-0.25, -0.2) is 0 Å². The largest absolute Gasteiger partial charge is 0.469 e. The molecule has 0 radical (unpaired) electrons. The fourth-order valence-corrected chi connectivity index (χ4v) is 2.07. The minimum Gasteiger partial charge on any atom is -0.469 e. The molecular weight excluding hydrogens is 258 g/mol. The second kappa shape index (κ2) is 8.68. The molecule has 0 aliphatic carbocycles. The van der Waals surface area contributed by atoms with Crippen LogP contribution < -0.4 is 0 Å². The predicted octanol–water partition coefficient (Wildman–Crippen LogP) is 0.841. The number of benzene rings is 1. The summed E-state index contributed by atoms with van der Waals surface area (Å²) in [5.74, 6) is -0.250. The van der Waals surface area contributed by atoms with Gasteiger partial charge in [-0.1, -0.05) is 24.3 Å². The van der Waals surface area contributed by atoms with Gasteiger partial charge in [0.25, 0.3) is 0 Å². The smallest absolute Gasteiger partial charge is 0.309 e. The number of aliphatic hydroxyl groups is 1. The van der Waals surface area contributed by atoms with Gasteiger partial charge in [-0.15, -0.1) is 0 Å². The second-order valence-electron chi connectivity index (χ2n) is 4.83. The van der Waals surface area contributed by atoms with E-state index < -0.39 is 6.10 Å². The van der Waals surface area contributed by atoms with Crippen molar-refractivity contribution < 1.29 is 19.4 Å². The molecule has 0 aliphatic heterocycles. The van der Waals surface area contributed by atoms with E-state index in [0.717, 1.165) is 11.1 Å². The number of carbonyl (C=O) groups excluding carboxylic acids is 1. The Morgan fingerprint density at radius 1 is 1.30 bits per heavy atom. The normalized spacial score (nSPS) is 12.4. The Hall–Kier alpha value is -1.43. The van der Waals surface area contributed by atoms with Gasteiger partial charge in [0.05, 0.1) is 26.2 Å². The van der Waals surface area contributed by atoms with Gasteiger partial charge in [-0.05, 0) is 18.2 Å². The van der Waals surface area contributed by atoms with Crippen LogP contribution in [0.1, 0.15) is 11.1 Å². The highest BCUT2D eigenvalue weighted by atomic mass is 16.5. The van der Waals surface area contributed by atoms with Crippen molar-refractivity contribution in [2.45, 2.75) is 19.1 Å². The third kappa shape index (κ3) is 5.69. The Labute approximate surface area is 120 Å². The van der Waals surface area contributed by atoms with Crippen molar-refractivity contribution in [3.05, 3.63) is 35.4 Å². The van der Waals surface area contributed by atoms with E-state index in [1.165, 1.54) is 7.11 Å². The summed E-state index contributed by atoms with van der Waals surface area (Å²) in [5.41, 5.74) is 2.01. The van der Waals surface area contributed by atoms with Crippen LogP contribution in [-0.4, -0.2) is 56.5 Å². The minimum atomic E-state index is -0.516. The molecule has 0 saturated heterocycles. The fourth-order valence-electron chi connectivity index (χ4n) is 2.07. The van der Waals surface area contributed by atoms with Crippen LogP contribution in [0.2, 0.25) is 0 Å². The van der Waals surface area contributed by atoms with Crippen molar-refractivity contribution in [3.8, 4) is 0 Å². The molecule has 1 atom stereocenters. The third-order valence-corrected chi connectivity index (χ3v) is 3.00. The molecule has 0 amide bonds. The first kappa shape index (κ1) is 16.6. The van der Waals surface area contributed by atoms with Gasteiger partial charge in [0.2, 0.25) is 0 Å². The number of hydrogen-bond donors (Lipinski definition) is 1. The maximum absolute atomic E-state index is 11.4. The molecule has 20 heavy (non-hydrogen) atoms. The molecule has 5 heteroatoms. The van der Waals surface area contributed by atoms with Gasteiger partial charge in [-0.3, -0.25) is 9.69 Å². The predicted molar refractivity (Wildman–Crippen MR) is 76.4 cm³/mol. The Balaban J connectivity index is 2.64. The molecule has 0 aliphatic rings. The summed E-state index contributed by atoms with van der Waals surface area (Å²) < 4.78 is 9.61. The van der Waals surface area contributed by atoms with E-state index in [1.54, 1.807) is 7.11 Å². The maximum atomic E-state index is 11.4. The molecule has 112 valence electrons. The number of likely N-dealkylation sites (N-methyl/N-ethyl adjacent to an activating group) is 1. The standard InChI is InChI=1S/C15H23NO4/c1-16(10-14(17)11-19-2)9-13-7-5-4-6-12(13)8-15(18)20-3/h4-7,14,17H,8-11H2,1-3H3. The molecule has 0 heterocycles. The Morgan fingerprint density at radius 2 is 1.95 bits per heavy atom. The molecule has 0 saturated carbocycles. The molecule has 1 rings (SSSR count). The number of esters is 1. The summed E-state index contributed by atoms with van der Waals surface area (Å²) in [4.78, 5) is 13.4. The average molecular weight is 281 g/mol. The number of nitrogens with zero attached hydrogens (tertiary/aromatic N) is 1. The van der Waals surface area contributed by atoms with Gasteiger partial charge in [0, 0.05) is 20.2 Å². The molecule has 1 N–H and O–H groups in total. The molecule has 1 aromatic rings. The van der Waals surface area contributed by atoms with Crippen molar-refractivity contribution in [3.63, 3.8) is 0 Å². The highest BCUT2D eigenvalue weighted by Gasteiger charge is 2.12. The number of hydrogen-bond acceptors (Lipinski definition) is 5. The summed E-state index contributed by atoms with van der Waals surface area (Å²) in [5, 5.41) is 9.71. The third-order valence-electron chi connectivity index (χ3n) is 3.00. The first-order chi connectivity index (χ1) is 9.56. The Morgan fingerprint density at radius 3 is 2.55 bits per heavy atom. The van der Waals surface area contributed by atoms with Crippen LogP contribution >= 0.6 is 0 Å². The summed E-state index contributed by atoms with van der Waals surface area (Å²) in [7, 11) is 4.88. The fraction of sp³-hybridized carbons (Fsp3) is 0.533. The highest BCUT2D eigenvalue weighted by Crippen LogP contribution is 2.12. The number of carbonyl (C=O) groups is 1. The first-order valence-corrected chi connectivity index (χ1v) is 6.56. The second-order valence-corrected chi connectivity index (χ2v) is 4.83. The molecule has 0 fully saturated rings. The zero-order valence-electron chi connectivity index (χ0n) is 12.3. The quantitative estimate of drug-likeness (QED) is 0.716. The first-order valence-electron chi connectivity index (χ1n) is 6.56. The van der Waals surface area contributed by atoms with Crippen molar-refractivity contribution in [2.75, 3.05) is 34.4 Å². The molecule has 0 aromatic heterocycles. The van der Waals surface area contributed by atoms with Crippen molar-refractivity contribution in [1.82, 2.24) is 4.90 Å². The number of ether oxygens (including phenoxy) is 2. The van der Waals surface area contributed by atoms with Crippen molar-refractivity contribution in [1.29, 1.82) is 0 Å². The minimum absolute atomic E-state index is 0.250. The van der Waals surface area contributed by atoms with Crippen LogP contribution in [0.5, 0.6) is 0 Å². The average Bonchev–Trinajstić information content (AvgIpc) is 2.40. The Bertz CT molecular complexity index is 422. The highest BCUT2D eigenvalue weighted by molar-refractivity contribution is 5.72. The van der Waals surface area contributed by atoms with Crippen molar-refractivity contribution in [2.24, 2.45) is 0 Å². The number of rotatable bonds is 8. The molecule has 0 bridgehead atoms. The zero-order valence-corrected chi connectivity index (χ0v) is 12.3. The van der Waals surface area contributed by atoms with E-state index in [2.05, 4.69) is 0 Å². The summed E-state index contributed by atoms with van der Waals surface area (Å²) in [6.45, 7) is 1.49. The van der Waals surface area contributed by atoms with E-state index in [4.69, 9.17) is 9.47 Å². The molecule has 1 unspecified atom stereocenters. The number of methoxy groups -OCH3 is 2.